The summed E-state index contributed by atoms with van der Waals surface area (Å²) in [6.07, 6.45) is 0. The first-order valence-corrected chi connectivity index (χ1v) is 11.4. The Labute approximate surface area is 172 Å². The number of hydrogen-bond donors (Lipinski definition) is 2. The zero-order valence-electron chi connectivity index (χ0n) is 14.6. The van der Waals surface area contributed by atoms with E-state index in [0.717, 1.165) is 6.07 Å². The van der Waals surface area contributed by atoms with Crippen molar-refractivity contribution in [3.8, 4) is 0 Å². The molecule has 10 heteroatoms. The maximum absolute atomic E-state index is 12.8. The number of nitrogens with one attached hydrogen (secondary N) is 1. The summed E-state index contributed by atoms with van der Waals surface area (Å²) in [5.41, 5.74) is 0.143. The van der Waals surface area contributed by atoms with Gasteiger partial charge in [0.15, 0.2) is 0 Å². The second kappa shape index (κ2) is 7.86. The minimum absolute atomic E-state index is 0.00371. The fourth-order valence-corrected chi connectivity index (χ4v) is 5.06. The van der Waals surface area contributed by atoms with Gasteiger partial charge in [-0.2, -0.15) is 0 Å². The van der Waals surface area contributed by atoms with Crippen LogP contribution < -0.4 is 4.72 Å². The molecule has 0 saturated heterocycles. The van der Waals surface area contributed by atoms with Gasteiger partial charge >= 0.3 is 5.97 Å². The predicted octanol–water partition coefficient (Wildman–Crippen LogP) is 3.67. The topological polar surface area (TPSA) is 118 Å². The van der Waals surface area contributed by atoms with Crippen molar-refractivity contribution in [2.45, 2.75) is 14.7 Å². The van der Waals surface area contributed by atoms with Crippen LogP contribution in [0.25, 0.3) is 0 Å². The number of carboxylic acid groups (broad SMARTS) is 1. The Bertz CT molecular complexity index is 1270. The fraction of sp³-hybridized carbons (Fsp3) is 0. The van der Waals surface area contributed by atoms with Gasteiger partial charge in [0.05, 0.1) is 20.2 Å². The van der Waals surface area contributed by atoms with Gasteiger partial charge < -0.3 is 5.11 Å². The lowest BCUT2D eigenvalue weighted by Crippen LogP contribution is -2.14. The van der Waals surface area contributed by atoms with E-state index in [1.54, 1.807) is 0 Å². The molecule has 3 aromatic carbocycles. The highest BCUT2D eigenvalue weighted by Crippen LogP contribution is 2.25. The van der Waals surface area contributed by atoms with Crippen LogP contribution >= 0.6 is 11.6 Å². The van der Waals surface area contributed by atoms with Gasteiger partial charge in [-0.25, -0.2) is 21.6 Å². The molecule has 2 N–H and O–H groups in total. The first-order chi connectivity index (χ1) is 13.6. The molecule has 0 heterocycles. The normalized spacial score (nSPS) is 11.8. The van der Waals surface area contributed by atoms with Crippen molar-refractivity contribution in [2.24, 2.45) is 0 Å². The molecule has 0 unspecified atom stereocenters. The van der Waals surface area contributed by atoms with Crippen molar-refractivity contribution in [1.29, 1.82) is 0 Å². The van der Waals surface area contributed by atoms with Crippen LogP contribution in [-0.4, -0.2) is 27.9 Å². The van der Waals surface area contributed by atoms with E-state index in [-0.39, 0.29) is 25.9 Å². The second-order valence-corrected chi connectivity index (χ2v) is 9.99. The van der Waals surface area contributed by atoms with Crippen LogP contribution in [0.4, 0.5) is 5.69 Å². The number of anilines is 1. The Morgan fingerprint density at radius 1 is 0.793 bits per heavy atom. The van der Waals surface area contributed by atoms with Gasteiger partial charge in [0.2, 0.25) is 9.84 Å². The van der Waals surface area contributed by atoms with Gasteiger partial charge in [-0.3, -0.25) is 4.72 Å². The molecule has 0 fully saturated rings. The average Bonchev–Trinajstić information content (AvgIpc) is 2.68. The second-order valence-electron chi connectivity index (χ2n) is 5.92. The predicted molar refractivity (Wildman–Crippen MR) is 108 cm³/mol. The number of hydrogen-bond acceptors (Lipinski definition) is 5. The molecule has 0 saturated carbocycles. The number of aromatic carboxylic acids is 1. The summed E-state index contributed by atoms with van der Waals surface area (Å²) >= 11 is 5.78. The van der Waals surface area contributed by atoms with Gasteiger partial charge in [0.1, 0.15) is 0 Å². The number of sulfone groups is 1. The monoisotopic (exact) mass is 451 g/mol. The zero-order valence-corrected chi connectivity index (χ0v) is 17.0. The molecular weight excluding hydrogens is 438 g/mol. The van der Waals surface area contributed by atoms with Crippen LogP contribution in [-0.2, 0) is 19.9 Å². The quantitative estimate of drug-likeness (QED) is 0.590. The van der Waals surface area contributed by atoms with E-state index in [4.69, 9.17) is 16.7 Å². The summed E-state index contributed by atoms with van der Waals surface area (Å²) in [6, 6.07) is 15.6. The molecule has 0 aliphatic rings. The number of benzene rings is 3. The van der Waals surface area contributed by atoms with Crippen molar-refractivity contribution >= 4 is 43.1 Å². The molecule has 3 rings (SSSR count). The summed E-state index contributed by atoms with van der Waals surface area (Å²) in [5.74, 6) is -1.14. The van der Waals surface area contributed by atoms with Crippen LogP contribution in [0, 0.1) is 0 Å². The lowest BCUT2D eigenvalue weighted by atomic mass is 10.2. The van der Waals surface area contributed by atoms with Gasteiger partial charge in [0, 0.05) is 10.7 Å². The molecule has 0 aromatic heterocycles. The highest BCUT2D eigenvalue weighted by atomic mass is 35.5. The van der Waals surface area contributed by atoms with Gasteiger partial charge in [0.25, 0.3) is 10.0 Å². The number of rotatable bonds is 6. The van der Waals surface area contributed by atoms with Crippen LogP contribution in [0.3, 0.4) is 0 Å². The Hall–Kier alpha value is -2.88. The van der Waals surface area contributed by atoms with Crippen LogP contribution in [0.1, 0.15) is 10.4 Å². The number of halogens is 1. The van der Waals surface area contributed by atoms with Gasteiger partial charge in [-0.1, -0.05) is 17.7 Å². The molecule has 0 amide bonds. The Kier molecular flexibility index (Phi) is 5.65. The fourth-order valence-electron chi connectivity index (χ4n) is 2.45. The highest BCUT2D eigenvalue weighted by Gasteiger charge is 2.21. The third-order valence-electron chi connectivity index (χ3n) is 3.93. The van der Waals surface area contributed by atoms with E-state index in [2.05, 4.69) is 4.72 Å². The van der Waals surface area contributed by atoms with E-state index in [9.17, 15) is 21.6 Å². The SMILES string of the molecule is O=C(O)c1ccc(NS(=O)(=O)c2cccc(S(=O)(=O)c3ccc(Cl)cc3)c2)cc1. The molecule has 0 spiro atoms. The largest absolute Gasteiger partial charge is 0.478 e. The minimum Gasteiger partial charge on any atom is -0.478 e. The van der Waals surface area contributed by atoms with E-state index in [1.807, 2.05) is 0 Å². The number of sulfonamides is 1. The Morgan fingerprint density at radius 2 is 1.38 bits per heavy atom. The van der Waals surface area contributed by atoms with E-state index < -0.39 is 25.8 Å². The summed E-state index contributed by atoms with van der Waals surface area (Å²) < 4.78 is 53.1. The summed E-state index contributed by atoms with van der Waals surface area (Å²) in [4.78, 5) is 10.4. The lowest BCUT2D eigenvalue weighted by Gasteiger charge is -2.10. The Balaban J connectivity index is 1.93. The molecule has 3 aromatic rings. The van der Waals surface area contributed by atoms with Crippen molar-refractivity contribution in [3.63, 3.8) is 0 Å². The molecule has 29 heavy (non-hydrogen) atoms. The molecule has 0 atom stereocenters. The van der Waals surface area contributed by atoms with Crippen molar-refractivity contribution < 1.29 is 26.7 Å². The van der Waals surface area contributed by atoms with Gasteiger partial charge in [-0.05, 0) is 66.7 Å². The third-order valence-corrected chi connectivity index (χ3v) is 7.33. The molecule has 0 radical (unpaired) electrons. The van der Waals surface area contributed by atoms with Crippen LogP contribution in [0.5, 0.6) is 0 Å². The zero-order chi connectivity index (χ0) is 21.2. The molecule has 150 valence electrons. The van der Waals surface area contributed by atoms with Crippen molar-refractivity contribution in [2.75, 3.05) is 4.72 Å². The van der Waals surface area contributed by atoms with Crippen LogP contribution in [0.2, 0.25) is 5.02 Å². The van der Waals surface area contributed by atoms with E-state index in [0.29, 0.717) is 5.02 Å². The first-order valence-electron chi connectivity index (χ1n) is 8.06. The first kappa shape index (κ1) is 20.8. The molecule has 0 aliphatic heterocycles. The lowest BCUT2D eigenvalue weighted by molar-refractivity contribution is 0.0697. The molecule has 7 nitrogen and oxygen atoms in total. The maximum Gasteiger partial charge on any atom is 0.335 e. The Morgan fingerprint density at radius 3 is 1.97 bits per heavy atom. The van der Waals surface area contributed by atoms with Crippen LogP contribution in [0.15, 0.2) is 87.5 Å². The number of carboxylic acids is 1. The summed E-state index contributed by atoms with van der Waals surface area (Å²) in [5, 5.41) is 9.27. The minimum atomic E-state index is -4.10. The molecular formula is C19H14ClNO6S2. The van der Waals surface area contributed by atoms with Crippen molar-refractivity contribution in [3.05, 3.63) is 83.4 Å². The highest BCUT2D eigenvalue weighted by molar-refractivity contribution is 7.93. The molecule has 0 aliphatic carbocycles. The van der Waals surface area contributed by atoms with E-state index >= 15 is 0 Å². The third kappa shape index (κ3) is 4.58. The van der Waals surface area contributed by atoms with E-state index in [1.165, 1.54) is 66.7 Å². The number of carbonyl (C=O) groups is 1. The maximum atomic E-state index is 12.8. The smallest absolute Gasteiger partial charge is 0.335 e. The standard InChI is InChI=1S/C19H14ClNO6S2/c20-14-6-10-16(11-7-14)28(24,25)17-2-1-3-18(12-17)29(26,27)21-15-8-4-13(5-9-15)19(22)23/h1-12,21H,(H,22,23). The summed E-state index contributed by atoms with van der Waals surface area (Å²) in [6.45, 7) is 0. The van der Waals surface area contributed by atoms with Gasteiger partial charge in [-0.15, -0.1) is 0 Å². The van der Waals surface area contributed by atoms with Crippen molar-refractivity contribution in [1.82, 2.24) is 0 Å². The molecule has 0 bridgehead atoms. The average molecular weight is 452 g/mol. The summed E-state index contributed by atoms with van der Waals surface area (Å²) in [7, 11) is -8.04.